The Balaban J connectivity index is 2.14. The molecule has 1 saturated carbocycles. The minimum atomic E-state index is -1.03. The van der Waals surface area contributed by atoms with Gasteiger partial charge in [-0.3, -0.25) is 0 Å². The van der Waals surface area contributed by atoms with Gasteiger partial charge in [0, 0.05) is 5.02 Å². The van der Waals surface area contributed by atoms with Gasteiger partial charge in [0.25, 0.3) is 0 Å². The third-order valence-corrected chi connectivity index (χ3v) is 3.96. The SMILES string of the molecule is C=C(COc1ccc(Cl)cc1C1CCCCC1)C(=O)O. The first-order valence-corrected chi connectivity index (χ1v) is 7.29. The first kappa shape index (κ1) is 14.9. The number of carboxylic acid groups (broad SMARTS) is 1. The molecule has 0 aromatic heterocycles. The minimum Gasteiger partial charge on any atom is -0.488 e. The molecule has 1 aliphatic rings. The van der Waals surface area contributed by atoms with Crippen LogP contribution in [0.1, 0.15) is 43.6 Å². The average Bonchev–Trinajstić information content (AvgIpc) is 2.46. The number of carboxylic acids is 1. The lowest BCUT2D eigenvalue weighted by atomic mass is 9.84. The molecule has 0 unspecified atom stereocenters. The van der Waals surface area contributed by atoms with Crippen LogP contribution in [-0.4, -0.2) is 17.7 Å². The van der Waals surface area contributed by atoms with Crippen LogP contribution in [0.25, 0.3) is 0 Å². The predicted molar refractivity (Wildman–Crippen MR) is 79.5 cm³/mol. The van der Waals surface area contributed by atoms with Gasteiger partial charge in [0.1, 0.15) is 12.4 Å². The summed E-state index contributed by atoms with van der Waals surface area (Å²) in [4.78, 5) is 10.8. The summed E-state index contributed by atoms with van der Waals surface area (Å²) in [7, 11) is 0. The lowest BCUT2D eigenvalue weighted by Crippen LogP contribution is -2.12. The molecule has 0 aliphatic heterocycles. The fourth-order valence-electron chi connectivity index (χ4n) is 2.61. The molecule has 3 nitrogen and oxygen atoms in total. The van der Waals surface area contributed by atoms with E-state index in [0.717, 1.165) is 24.2 Å². The minimum absolute atomic E-state index is 0.00329. The Hall–Kier alpha value is -1.48. The van der Waals surface area contributed by atoms with Gasteiger partial charge in [-0.1, -0.05) is 37.4 Å². The van der Waals surface area contributed by atoms with Crippen LogP contribution in [0, 0.1) is 0 Å². The maximum Gasteiger partial charge on any atom is 0.334 e. The van der Waals surface area contributed by atoms with Crippen LogP contribution >= 0.6 is 11.6 Å². The van der Waals surface area contributed by atoms with Crippen molar-refractivity contribution in [2.75, 3.05) is 6.61 Å². The van der Waals surface area contributed by atoms with Gasteiger partial charge >= 0.3 is 5.97 Å². The van der Waals surface area contributed by atoms with Gasteiger partial charge in [0.2, 0.25) is 0 Å². The number of rotatable bonds is 5. The van der Waals surface area contributed by atoms with Crippen LogP contribution in [0.4, 0.5) is 0 Å². The summed E-state index contributed by atoms with van der Waals surface area (Å²) in [6.07, 6.45) is 5.99. The van der Waals surface area contributed by atoms with Gasteiger partial charge in [0.05, 0.1) is 5.57 Å². The van der Waals surface area contributed by atoms with Gasteiger partial charge in [-0.25, -0.2) is 4.79 Å². The van der Waals surface area contributed by atoms with Crippen LogP contribution < -0.4 is 4.74 Å². The molecule has 0 amide bonds. The average molecular weight is 295 g/mol. The zero-order valence-corrected chi connectivity index (χ0v) is 12.2. The number of aliphatic carboxylic acids is 1. The highest BCUT2D eigenvalue weighted by molar-refractivity contribution is 6.30. The number of halogens is 1. The lowest BCUT2D eigenvalue weighted by molar-refractivity contribution is -0.133. The molecular weight excluding hydrogens is 276 g/mol. The summed E-state index contributed by atoms with van der Waals surface area (Å²) in [6, 6.07) is 5.53. The van der Waals surface area contributed by atoms with Crippen molar-refractivity contribution in [1.82, 2.24) is 0 Å². The van der Waals surface area contributed by atoms with Crippen molar-refractivity contribution in [3.8, 4) is 5.75 Å². The smallest absolute Gasteiger partial charge is 0.334 e. The first-order valence-electron chi connectivity index (χ1n) is 6.91. The van der Waals surface area contributed by atoms with E-state index in [4.69, 9.17) is 21.4 Å². The molecule has 1 fully saturated rings. The zero-order chi connectivity index (χ0) is 14.5. The van der Waals surface area contributed by atoms with Crippen molar-refractivity contribution in [3.63, 3.8) is 0 Å². The Morgan fingerprint density at radius 1 is 1.35 bits per heavy atom. The number of carbonyl (C=O) groups is 1. The molecule has 108 valence electrons. The quantitative estimate of drug-likeness (QED) is 0.818. The molecule has 0 heterocycles. The van der Waals surface area contributed by atoms with E-state index in [1.54, 1.807) is 6.07 Å². The molecule has 1 aromatic carbocycles. The summed E-state index contributed by atoms with van der Waals surface area (Å²) in [5.41, 5.74) is 1.14. The highest BCUT2D eigenvalue weighted by atomic mass is 35.5. The normalized spacial score (nSPS) is 15.8. The Bertz CT molecular complexity index is 504. The second-order valence-corrected chi connectivity index (χ2v) is 5.65. The third-order valence-electron chi connectivity index (χ3n) is 3.72. The third kappa shape index (κ3) is 3.76. The Morgan fingerprint density at radius 3 is 2.70 bits per heavy atom. The summed E-state index contributed by atoms with van der Waals surface area (Å²) >= 11 is 6.08. The second-order valence-electron chi connectivity index (χ2n) is 5.21. The molecule has 0 spiro atoms. The van der Waals surface area contributed by atoms with Crippen LogP contribution in [0.3, 0.4) is 0 Å². The van der Waals surface area contributed by atoms with Crippen LogP contribution in [0.15, 0.2) is 30.4 Å². The standard InChI is InChI=1S/C16H19ClO3/c1-11(16(18)19)10-20-15-8-7-13(17)9-14(15)12-5-3-2-4-6-12/h7-9,12H,1-6,10H2,(H,18,19). The number of hydrogen-bond acceptors (Lipinski definition) is 2. The Morgan fingerprint density at radius 2 is 2.05 bits per heavy atom. The highest BCUT2D eigenvalue weighted by Gasteiger charge is 2.20. The fourth-order valence-corrected chi connectivity index (χ4v) is 2.79. The molecular formula is C16H19ClO3. The van der Waals surface area contributed by atoms with Crippen molar-refractivity contribution < 1.29 is 14.6 Å². The lowest BCUT2D eigenvalue weighted by Gasteiger charge is -2.24. The van der Waals surface area contributed by atoms with E-state index in [2.05, 4.69) is 6.58 Å². The van der Waals surface area contributed by atoms with Crippen molar-refractivity contribution >= 4 is 17.6 Å². The van der Waals surface area contributed by atoms with Crippen LogP contribution in [0.5, 0.6) is 5.75 Å². The molecule has 1 N–H and O–H groups in total. The summed E-state index contributed by atoms with van der Waals surface area (Å²) in [6.45, 7) is 3.48. The molecule has 20 heavy (non-hydrogen) atoms. The maximum atomic E-state index is 10.8. The van der Waals surface area contributed by atoms with E-state index in [9.17, 15) is 4.79 Å². The largest absolute Gasteiger partial charge is 0.488 e. The van der Waals surface area contributed by atoms with Gasteiger partial charge in [-0.15, -0.1) is 0 Å². The summed E-state index contributed by atoms with van der Waals surface area (Å²) in [5.74, 6) is 0.150. The van der Waals surface area contributed by atoms with E-state index in [1.165, 1.54) is 19.3 Å². The molecule has 1 aliphatic carbocycles. The Kier molecular flexibility index (Phi) is 5.07. The van der Waals surface area contributed by atoms with Gasteiger partial charge in [0.15, 0.2) is 0 Å². The molecule has 2 rings (SSSR count). The summed E-state index contributed by atoms with van der Waals surface area (Å²) < 4.78 is 5.63. The van der Waals surface area contributed by atoms with Crippen molar-refractivity contribution in [3.05, 3.63) is 40.9 Å². The maximum absolute atomic E-state index is 10.8. The van der Waals surface area contributed by atoms with Crippen molar-refractivity contribution in [1.29, 1.82) is 0 Å². The monoisotopic (exact) mass is 294 g/mol. The number of benzene rings is 1. The molecule has 0 radical (unpaired) electrons. The topological polar surface area (TPSA) is 46.5 Å². The van der Waals surface area contributed by atoms with Crippen molar-refractivity contribution in [2.45, 2.75) is 38.0 Å². The van der Waals surface area contributed by atoms with E-state index < -0.39 is 5.97 Å². The zero-order valence-electron chi connectivity index (χ0n) is 11.4. The van der Waals surface area contributed by atoms with E-state index >= 15 is 0 Å². The molecule has 4 heteroatoms. The molecule has 0 bridgehead atoms. The second kappa shape index (κ2) is 6.80. The Labute approximate surface area is 124 Å². The van der Waals surface area contributed by atoms with Crippen LogP contribution in [-0.2, 0) is 4.79 Å². The molecule has 1 aromatic rings. The van der Waals surface area contributed by atoms with Gasteiger partial charge in [-0.2, -0.15) is 0 Å². The fraction of sp³-hybridized carbons (Fsp3) is 0.438. The first-order chi connectivity index (χ1) is 9.58. The van der Waals surface area contributed by atoms with Gasteiger partial charge < -0.3 is 9.84 Å². The number of ether oxygens (including phenoxy) is 1. The van der Waals surface area contributed by atoms with Gasteiger partial charge in [-0.05, 0) is 42.5 Å². The predicted octanol–water partition coefficient (Wildman–Crippen LogP) is 4.41. The highest BCUT2D eigenvalue weighted by Crippen LogP contribution is 2.38. The molecule has 0 atom stereocenters. The van der Waals surface area contributed by atoms with E-state index in [0.29, 0.717) is 10.9 Å². The number of hydrogen-bond donors (Lipinski definition) is 1. The molecule has 0 saturated heterocycles. The van der Waals surface area contributed by atoms with Crippen molar-refractivity contribution in [2.24, 2.45) is 0 Å². The van der Waals surface area contributed by atoms with E-state index in [-0.39, 0.29) is 12.2 Å². The van der Waals surface area contributed by atoms with Crippen LogP contribution in [0.2, 0.25) is 5.02 Å². The summed E-state index contributed by atoms with van der Waals surface area (Å²) in [5, 5.41) is 9.51. The van der Waals surface area contributed by atoms with E-state index in [1.807, 2.05) is 12.1 Å².